The van der Waals surface area contributed by atoms with E-state index in [4.69, 9.17) is 20.6 Å². The van der Waals surface area contributed by atoms with Crippen LogP contribution in [0.15, 0.2) is 48.5 Å². The van der Waals surface area contributed by atoms with E-state index in [0.29, 0.717) is 17.2 Å². The maximum atomic E-state index is 6.19. The molecular weight excluding hydrogens is 352 g/mol. The summed E-state index contributed by atoms with van der Waals surface area (Å²) in [6, 6.07) is 16.3. The summed E-state index contributed by atoms with van der Waals surface area (Å²) in [4.78, 5) is 11.8. The van der Waals surface area contributed by atoms with Gasteiger partial charge in [0.05, 0.1) is 7.11 Å². The minimum absolute atomic E-state index is 0.258. The fourth-order valence-electron chi connectivity index (χ4n) is 4.04. The molecule has 0 saturated carbocycles. The zero-order chi connectivity index (χ0) is 19.1. The van der Waals surface area contributed by atoms with Crippen molar-refractivity contribution in [1.29, 1.82) is 0 Å². The van der Waals surface area contributed by atoms with E-state index < -0.39 is 0 Å². The number of methoxy groups -OCH3 is 1. The standard InChI is InChI=1S/C21H22N6O/c1-28-17-11-5-10-16-18(17)23-21(22)27-20(16)24-19(25-27)14-7-6-12-26(13-14)15-8-3-2-4-9-15/h2-5,8-11,14H,6-7,12-13H2,1H3,(H2,22,23)/t14-/m1/s1. The predicted molar refractivity (Wildman–Crippen MR) is 110 cm³/mol. The molecule has 2 N–H and O–H groups in total. The number of hydrogen-bond acceptors (Lipinski definition) is 6. The first kappa shape index (κ1) is 16.8. The van der Waals surface area contributed by atoms with E-state index in [1.54, 1.807) is 11.6 Å². The largest absolute Gasteiger partial charge is 0.494 e. The van der Waals surface area contributed by atoms with Crippen LogP contribution in [0, 0.1) is 0 Å². The second-order valence-electron chi connectivity index (χ2n) is 7.15. The Morgan fingerprint density at radius 3 is 2.75 bits per heavy atom. The lowest BCUT2D eigenvalue weighted by atomic mass is 9.97. The van der Waals surface area contributed by atoms with Crippen LogP contribution in [0.3, 0.4) is 0 Å². The number of hydrogen-bond donors (Lipinski definition) is 1. The van der Waals surface area contributed by atoms with Crippen LogP contribution in [0.2, 0.25) is 0 Å². The number of ether oxygens (including phenoxy) is 1. The van der Waals surface area contributed by atoms with E-state index in [1.807, 2.05) is 24.3 Å². The molecule has 1 saturated heterocycles. The van der Waals surface area contributed by atoms with E-state index in [9.17, 15) is 0 Å². The molecule has 7 nitrogen and oxygen atoms in total. The average molecular weight is 374 g/mol. The van der Waals surface area contributed by atoms with Crippen molar-refractivity contribution in [3.8, 4) is 5.75 Å². The lowest BCUT2D eigenvalue weighted by Crippen LogP contribution is -2.34. The van der Waals surface area contributed by atoms with E-state index in [-0.39, 0.29) is 5.92 Å². The summed E-state index contributed by atoms with van der Waals surface area (Å²) in [7, 11) is 1.63. The maximum Gasteiger partial charge on any atom is 0.223 e. The van der Waals surface area contributed by atoms with Crippen molar-refractivity contribution in [2.24, 2.45) is 0 Å². The fourth-order valence-corrected chi connectivity index (χ4v) is 4.04. The van der Waals surface area contributed by atoms with Crippen LogP contribution >= 0.6 is 0 Å². The Labute approximate surface area is 162 Å². The van der Waals surface area contributed by atoms with E-state index >= 15 is 0 Å². The van der Waals surface area contributed by atoms with Crippen LogP contribution in [0.1, 0.15) is 24.6 Å². The summed E-state index contributed by atoms with van der Waals surface area (Å²) >= 11 is 0. The lowest BCUT2D eigenvalue weighted by Gasteiger charge is -2.33. The third-order valence-electron chi connectivity index (χ3n) is 5.43. The van der Waals surface area contributed by atoms with Crippen LogP contribution in [-0.4, -0.2) is 39.8 Å². The summed E-state index contributed by atoms with van der Waals surface area (Å²) in [5, 5.41) is 5.61. The molecule has 0 unspecified atom stereocenters. The summed E-state index contributed by atoms with van der Waals surface area (Å²) in [6.07, 6.45) is 2.17. The molecule has 2 aromatic carbocycles. The highest BCUT2D eigenvalue weighted by Crippen LogP contribution is 2.31. The molecular formula is C21H22N6O. The van der Waals surface area contributed by atoms with Gasteiger partial charge in [-0.25, -0.2) is 9.97 Å². The molecule has 3 heterocycles. The van der Waals surface area contributed by atoms with Crippen molar-refractivity contribution in [3.05, 3.63) is 54.4 Å². The molecule has 2 aromatic heterocycles. The first-order valence-electron chi connectivity index (χ1n) is 9.53. The monoisotopic (exact) mass is 374 g/mol. The van der Waals surface area contributed by atoms with Gasteiger partial charge >= 0.3 is 0 Å². The predicted octanol–water partition coefficient (Wildman–Crippen LogP) is 3.25. The molecule has 1 atom stereocenters. The Hall–Kier alpha value is -3.35. The Morgan fingerprint density at radius 2 is 1.93 bits per heavy atom. The number of benzene rings is 2. The third-order valence-corrected chi connectivity index (χ3v) is 5.43. The second kappa shape index (κ2) is 6.67. The minimum atomic E-state index is 0.258. The van der Waals surface area contributed by atoms with Gasteiger partial charge in [-0.3, -0.25) is 0 Å². The van der Waals surface area contributed by atoms with Gasteiger partial charge in [0.2, 0.25) is 5.95 Å². The molecule has 0 amide bonds. The highest BCUT2D eigenvalue weighted by Gasteiger charge is 2.26. The molecule has 5 rings (SSSR count). The van der Waals surface area contributed by atoms with Crippen LogP contribution in [0.25, 0.3) is 16.6 Å². The van der Waals surface area contributed by atoms with E-state index in [1.165, 1.54) is 5.69 Å². The molecule has 28 heavy (non-hydrogen) atoms. The smallest absolute Gasteiger partial charge is 0.223 e. The molecule has 1 aliphatic heterocycles. The van der Waals surface area contributed by atoms with Gasteiger partial charge in [-0.1, -0.05) is 24.3 Å². The van der Waals surface area contributed by atoms with Crippen LogP contribution in [0.4, 0.5) is 11.6 Å². The highest BCUT2D eigenvalue weighted by atomic mass is 16.5. The number of aromatic nitrogens is 4. The number of fused-ring (bicyclic) bond motifs is 3. The molecule has 0 aliphatic carbocycles. The number of para-hydroxylation sites is 2. The second-order valence-corrected chi connectivity index (χ2v) is 7.15. The van der Waals surface area contributed by atoms with Gasteiger partial charge in [0.15, 0.2) is 11.5 Å². The number of rotatable bonds is 3. The Morgan fingerprint density at radius 1 is 1.07 bits per heavy atom. The first-order valence-corrected chi connectivity index (χ1v) is 9.53. The molecule has 4 aromatic rings. The fraction of sp³-hybridized carbons (Fsp3) is 0.286. The average Bonchev–Trinajstić information content (AvgIpc) is 3.21. The molecule has 7 heteroatoms. The normalized spacial score (nSPS) is 17.3. The minimum Gasteiger partial charge on any atom is -0.494 e. The van der Waals surface area contributed by atoms with E-state index in [0.717, 1.165) is 42.8 Å². The van der Waals surface area contributed by atoms with Gasteiger partial charge in [-0.05, 0) is 37.1 Å². The molecule has 0 bridgehead atoms. The van der Waals surface area contributed by atoms with Crippen LogP contribution in [0.5, 0.6) is 5.75 Å². The highest BCUT2D eigenvalue weighted by molar-refractivity contribution is 5.95. The van der Waals surface area contributed by atoms with Crippen molar-refractivity contribution in [3.63, 3.8) is 0 Å². The summed E-state index contributed by atoms with van der Waals surface area (Å²) in [6.45, 7) is 1.95. The van der Waals surface area contributed by atoms with Crippen molar-refractivity contribution < 1.29 is 4.74 Å². The Balaban J connectivity index is 1.56. The van der Waals surface area contributed by atoms with Gasteiger partial charge in [0.25, 0.3) is 0 Å². The number of anilines is 2. The summed E-state index contributed by atoms with van der Waals surface area (Å²) in [5.41, 5.74) is 8.87. The zero-order valence-corrected chi connectivity index (χ0v) is 15.7. The first-order chi connectivity index (χ1) is 13.7. The van der Waals surface area contributed by atoms with Crippen molar-refractivity contribution in [2.75, 3.05) is 30.8 Å². The van der Waals surface area contributed by atoms with Crippen molar-refractivity contribution in [1.82, 2.24) is 19.6 Å². The number of nitrogens with zero attached hydrogens (tertiary/aromatic N) is 5. The van der Waals surface area contributed by atoms with Gasteiger partial charge in [-0.2, -0.15) is 4.52 Å². The van der Waals surface area contributed by atoms with Gasteiger partial charge in [-0.15, -0.1) is 5.10 Å². The van der Waals surface area contributed by atoms with Gasteiger partial charge < -0.3 is 15.4 Å². The Kier molecular flexibility index (Phi) is 4.00. The molecule has 142 valence electrons. The summed E-state index contributed by atoms with van der Waals surface area (Å²) < 4.78 is 7.09. The zero-order valence-electron chi connectivity index (χ0n) is 15.7. The maximum absolute atomic E-state index is 6.19. The quantitative estimate of drug-likeness (QED) is 0.593. The SMILES string of the molecule is COc1cccc2c1nc(N)n1nc([C@@H]3CCCN(c4ccccc4)C3)nc21. The van der Waals surface area contributed by atoms with Crippen LogP contribution < -0.4 is 15.4 Å². The molecule has 0 radical (unpaired) electrons. The number of piperidine rings is 1. The lowest BCUT2D eigenvalue weighted by molar-refractivity contribution is 0.419. The number of nitrogen functional groups attached to an aromatic ring is 1. The molecule has 0 spiro atoms. The van der Waals surface area contributed by atoms with Crippen molar-refractivity contribution >= 4 is 28.2 Å². The van der Waals surface area contributed by atoms with Gasteiger partial charge in [0.1, 0.15) is 11.3 Å². The topological polar surface area (TPSA) is 81.6 Å². The molecule has 1 aliphatic rings. The molecule has 1 fully saturated rings. The number of nitrogens with two attached hydrogens (primary N) is 1. The summed E-state index contributed by atoms with van der Waals surface area (Å²) in [5.74, 6) is 2.09. The van der Waals surface area contributed by atoms with Gasteiger partial charge in [0, 0.05) is 30.1 Å². The van der Waals surface area contributed by atoms with Crippen molar-refractivity contribution in [2.45, 2.75) is 18.8 Å². The van der Waals surface area contributed by atoms with Crippen LogP contribution in [-0.2, 0) is 0 Å². The Bertz CT molecular complexity index is 1140. The third kappa shape index (κ3) is 2.70. The van der Waals surface area contributed by atoms with E-state index in [2.05, 4.69) is 34.1 Å².